The number of benzene rings is 3. The second-order valence-corrected chi connectivity index (χ2v) is 11.3. The Morgan fingerprint density at radius 2 is 0.750 bits per heavy atom. The summed E-state index contributed by atoms with van der Waals surface area (Å²) < 4.78 is 171. The fourth-order valence-corrected chi connectivity index (χ4v) is 5.88. The van der Waals surface area contributed by atoms with E-state index in [1.807, 2.05) is 0 Å². The van der Waals surface area contributed by atoms with Crippen LogP contribution in [0.25, 0.3) is 22.8 Å². The van der Waals surface area contributed by atoms with Gasteiger partial charge in [0.25, 0.3) is 0 Å². The van der Waals surface area contributed by atoms with E-state index in [4.69, 9.17) is 17.7 Å². The molecular formula is C38H14F10O4. The lowest BCUT2D eigenvalue weighted by Crippen LogP contribution is -2.15. The van der Waals surface area contributed by atoms with Gasteiger partial charge in [-0.2, -0.15) is 0 Å². The lowest BCUT2D eigenvalue weighted by atomic mass is 10.0. The van der Waals surface area contributed by atoms with Crippen molar-refractivity contribution in [1.29, 1.82) is 0 Å². The summed E-state index contributed by atoms with van der Waals surface area (Å²) >= 11 is 0. The largest absolute Gasteiger partial charge is 0.456 e. The van der Waals surface area contributed by atoms with Crippen LogP contribution in [0.5, 0.6) is 0 Å². The zero-order chi connectivity index (χ0) is 36.6. The molecule has 8 bridgehead atoms. The molecule has 14 heteroatoms. The number of halogens is 10. The van der Waals surface area contributed by atoms with Gasteiger partial charge in [0.05, 0.1) is 27.8 Å². The van der Waals surface area contributed by atoms with Gasteiger partial charge in [0.1, 0.15) is 44.7 Å². The van der Waals surface area contributed by atoms with Gasteiger partial charge in [-0.05, 0) is 54.1 Å². The van der Waals surface area contributed by atoms with Crippen molar-refractivity contribution in [3.63, 3.8) is 0 Å². The van der Waals surface area contributed by atoms with Crippen molar-refractivity contribution in [2.45, 2.75) is 0 Å². The van der Waals surface area contributed by atoms with Gasteiger partial charge in [-0.25, -0.2) is 43.9 Å². The summed E-state index contributed by atoms with van der Waals surface area (Å²) in [7, 11) is 0. The van der Waals surface area contributed by atoms with E-state index in [1.165, 1.54) is 36.4 Å². The Kier molecular flexibility index (Phi) is 7.63. The molecule has 3 aromatic carbocycles. The fourth-order valence-electron chi connectivity index (χ4n) is 5.88. The number of furan rings is 4. The van der Waals surface area contributed by atoms with E-state index < -0.39 is 103 Å². The topological polar surface area (TPSA) is 52.6 Å². The first-order valence-electron chi connectivity index (χ1n) is 14.9. The molecule has 5 heterocycles. The molecule has 0 saturated carbocycles. The third-order valence-corrected chi connectivity index (χ3v) is 8.21. The normalized spacial score (nSPS) is 16.6. The Morgan fingerprint density at radius 1 is 0.327 bits per heavy atom. The molecule has 1 aliphatic heterocycles. The van der Waals surface area contributed by atoms with Crippen LogP contribution in [0.4, 0.5) is 43.9 Å². The van der Waals surface area contributed by atoms with Crippen LogP contribution in [0.2, 0.25) is 0 Å². The highest BCUT2D eigenvalue weighted by Crippen LogP contribution is 2.35. The van der Waals surface area contributed by atoms with Crippen molar-refractivity contribution >= 4 is 22.8 Å². The molecule has 0 aliphatic carbocycles. The summed E-state index contributed by atoms with van der Waals surface area (Å²) in [5.74, 6) is -23.4. The van der Waals surface area contributed by atoms with Crippen molar-refractivity contribution in [3.8, 4) is 0 Å². The van der Waals surface area contributed by atoms with Gasteiger partial charge in [0.2, 0.25) is 11.6 Å². The first-order valence-corrected chi connectivity index (χ1v) is 14.9. The Hall–Kier alpha value is -6.44. The Balaban J connectivity index is 1.53. The van der Waals surface area contributed by atoms with Crippen LogP contribution in [0.3, 0.4) is 0 Å². The van der Waals surface area contributed by atoms with Crippen molar-refractivity contribution in [2.24, 2.45) is 0 Å². The molecule has 4 aromatic heterocycles. The van der Waals surface area contributed by atoms with Crippen molar-refractivity contribution in [1.82, 2.24) is 0 Å². The predicted octanol–water partition coefficient (Wildman–Crippen LogP) is 7.33. The van der Waals surface area contributed by atoms with Crippen LogP contribution in [0.1, 0.15) is 39.7 Å². The van der Waals surface area contributed by atoms with Crippen molar-refractivity contribution < 1.29 is 61.6 Å². The van der Waals surface area contributed by atoms with Gasteiger partial charge in [-0.1, -0.05) is 30.3 Å². The quantitative estimate of drug-likeness (QED) is 0.109. The minimum Gasteiger partial charge on any atom is -0.456 e. The molecule has 0 atom stereocenters. The van der Waals surface area contributed by atoms with Crippen LogP contribution in [0, 0.1) is 58.2 Å². The SMILES string of the molecule is Fc1c(F)c(F)c(/C2=c3\cc/c(o3)=C/c3ccc(o3)/C(c3c(F)c(F)c(F)c(F)c3F)=c3/cc/c(o3)=C(\c3ccccc3)c3ccc2o3)c(F)c1F. The molecule has 0 amide bonds. The van der Waals surface area contributed by atoms with Gasteiger partial charge < -0.3 is 17.7 Å². The molecule has 7 aromatic rings. The van der Waals surface area contributed by atoms with Gasteiger partial charge in [-0.15, -0.1) is 0 Å². The Labute approximate surface area is 282 Å². The molecule has 52 heavy (non-hydrogen) atoms. The average molecular weight is 725 g/mol. The Morgan fingerprint density at radius 3 is 1.31 bits per heavy atom. The zero-order valence-corrected chi connectivity index (χ0v) is 25.5. The molecule has 0 saturated heterocycles. The smallest absolute Gasteiger partial charge is 0.200 e. The molecule has 0 spiro atoms. The van der Waals surface area contributed by atoms with Crippen LogP contribution < -0.4 is 21.7 Å². The first-order chi connectivity index (χ1) is 24.9. The van der Waals surface area contributed by atoms with E-state index in [-0.39, 0.29) is 27.9 Å². The molecule has 0 fully saturated rings. The van der Waals surface area contributed by atoms with E-state index in [9.17, 15) is 26.3 Å². The van der Waals surface area contributed by atoms with E-state index in [0.29, 0.717) is 5.56 Å². The third kappa shape index (κ3) is 5.00. The molecular weight excluding hydrogens is 710 g/mol. The molecule has 8 rings (SSSR count). The summed E-state index contributed by atoms with van der Waals surface area (Å²) in [5.41, 5.74) is -4.72. The fraction of sp³-hybridized carbons (Fsp3) is 0. The maximum atomic E-state index is 15.4. The van der Waals surface area contributed by atoms with Gasteiger partial charge in [0.15, 0.2) is 46.5 Å². The molecule has 0 unspecified atom stereocenters. The summed E-state index contributed by atoms with van der Waals surface area (Å²) in [6.45, 7) is 0. The number of hydrogen-bond acceptors (Lipinski definition) is 4. The van der Waals surface area contributed by atoms with E-state index >= 15 is 17.6 Å². The summed E-state index contributed by atoms with van der Waals surface area (Å²) in [6.07, 6.45) is 1.16. The van der Waals surface area contributed by atoms with E-state index in [2.05, 4.69) is 0 Å². The second kappa shape index (κ2) is 12.1. The standard InChI is InChI=1S/C38H14F10O4/c39-29-27(30(40)34(44)37(47)33(29)43)25-20-8-6-16(49-20)14-17-7-9-21(50-17)26(28-31(41)35(45)38(48)36(46)32(28)42)23-13-11-19(52-23)24(15-4-2-1-3-5-15)18-10-12-22(25)51-18/h1-14H/b16-14-,17-14?,24-18?,24-19-,25-20+,25-22?,26-21?,26-23+. The summed E-state index contributed by atoms with van der Waals surface area (Å²) in [4.78, 5) is 0. The highest BCUT2D eigenvalue weighted by Gasteiger charge is 2.33. The van der Waals surface area contributed by atoms with E-state index in [0.717, 1.165) is 18.2 Å². The number of rotatable bonds is 3. The highest BCUT2D eigenvalue weighted by molar-refractivity contribution is 5.81. The molecule has 0 N–H and O–H groups in total. The third-order valence-electron chi connectivity index (χ3n) is 8.21. The first kappa shape index (κ1) is 32.7. The van der Waals surface area contributed by atoms with Crippen LogP contribution >= 0.6 is 0 Å². The van der Waals surface area contributed by atoms with E-state index in [1.54, 1.807) is 30.3 Å². The zero-order valence-electron chi connectivity index (χ0n) is 25.5. The monoisotopic (exact) mass is 724 g/mol. The number of fused-ring (bicyclic) bond motifs is 8. The van der Waals surface area contributed by atoms with Gasteiger partial charge in [0, 0.05) is 6.08 Å². The van der Waals surface area contributed by atoms with Crippen LogP contribution in [-0.4, -0.2) is 0 Å². The highest BCUT2D eigenvalue weighted by atomic mass is 19.2. The second-order valence-electron chi connectivity index (χ2n) is 11.3. The average Bonchev–Trinajstić information content (AvgIpc) is 3.98. The minimum absolute atomic E-state index is 0.0762. The molecule has 0 radical (unpaired) electrons. The van der Waals surface area contributed by atoms with Crippen molar-refractivity contribution in [3.05, 3.63) is 198 Å². The predicted molar refractivity (Wildman–Crippen MR) is 161 cm³/mol. The summed E-state index contributed by atoms with van der Waals surface area (Å²) in [6, 6.07) is 17.7. The Bertz CT molecular complexity index is 2800. The lowest BCUT2D eigenvalue weighted by Gasteiger charge is -2.10. The van der Waals surface area contributed by atoms with Gasteiger partial charge >= 0.3 is 0 Å². The van der Waals surface area contributed by atoms with Crippen molar-refractivity contribution in [2.75, 3.05) is 0 Å². The molecule has 1 aliphatic rings. The summed E-state index contributed by atoms with van der Waals surface area (Å²) in [5, 5.41) is 0. The number of hydrogen-bond donors (Lipinski definition) is 0. The van der Waals surface area contributed by atoms with Crippen LogP contribution in [0.15, 0.2) is 96.5 Å². The molecule has 260 valence electrons. The maximum Gasteiger partial charge on any atom is 0.200 e. The maximum absolute atomic E-state index is 15.4. The van der Waals surface area contributed by atoms with Crippen LogP contribution in [-0.2, 0) is 0 Å². The lowest BCUT2D eigenvalue weighted by molar-refractivity contribution is 0.375. The minimum atomic E-state index is -2.38. The molecule has 4 nitrogen and oxygen atoms in total. The van der Waals surface area contributed by atoms with Gasteiger partial charge in [-0.3, -0.25) is 0 Å².